The lowest BCUT2D eigenvalue weighted by molar-refractivity contribution is 0.0690. The third-order valence-electron chi connectivity index (χ3n) is 7.97. The predicted octanol–water partition coefficient (Wildman–Crippen LogP) is 3.45. The molecule has 1 aromatic carbocycles. The van der Waals surface area contributed by atoms with Crippen LogP contribution in [-0.2, 0) is 6.42 Å². The van der Waals surface area contributed by atoms with Gasteiger partial charge in [-0.05, 0) is 54.9 Å². The van der Waals surface area contributed by atoms with Gasteiger partial charge in [-0.3, -0.25) is 4.90 Å². The highest BCUT2D eigenvalue weighted by atomic mass is 15.3. The minimum absolute atomic E-state index is 0.295. The highest BCUT2D eigenvalue weighted by molar-refractivity contribution is 5.85. The van der Waals surface area contributed by atoms with E-state index in [1.807, 2.05) is 0 Å². The number of rotatable bonds is 4. The van der Waals surface area contributed by atoms with Crippen molar-refractivity contribution < 1.29 is 0 Å². The van der Waals surface area contributed by atoms with Gasteiger partial charge in [0.05, 0.1) is 12.1 Å². The van der Waals surface area contributed by atoms with Crippen molar-refractivity contribution in [3.63, 3.8) is 0 Å². The van der Waals surface area contributed by atoms with Crippen molar-refractivity contribution in [2.75, 3.05) is 25.0 Å². The number of H-pyrrole nitrogens is 1. The monoisotopic (exact) mass is 385 g/mol. The Labute approximate surface area is 170 Å². The number of para-hydroxylation sites is 1. The topological polar surface area (TPSA) is 56.0 Å². The maximum absolute atomic E-state index is 4.80. The molecule has 0 spiro atoms. The second kappa shape index (κ2) is 5.83. The molecule has 0 amide bonds. The van der Waals surface area contributed by atoms with Crippen LogP contribution in [0.25, 0.3) is 10.9 Å². The Hall–Kier alpha value is -2.37. The first-order chi connectivity index (χ1) is 14.3. The summed E-state index contributed by atoms with van der Waals surface area (Å²) in [6.07, 6.45) is 7.43. The molecule has 0 bridgehead atoms. The molecule has 7 rings (SSSR count). The van der Waals surface area contributed by atoms with E-state index in [1.165, 1.54) is 47.0 Å². The van der Waals surface area contributed by atoms with Gasteiger partial charge < -0.3 is 15.6 Å². The molecule has 148 valence electrons. The highest BCUT2D eigenvalue weighted by Crippen LogP contribution is 2.66. The number of hydrogen-bond acceptors (Lipinski definition) is 4. The van der Waals surface area contributed by atoms with Crippen molar-refractivity contribution in [1.82, 2.24) is 20.2 Å². The molecule has 3 unspecified atom stereocenters. The predicted molar refractivity (Wildman–Crippen MR) is 115 cm³/mol. The first-order valence-electron chi connectivity index (χ1n) is 11.1. The number of hydrogen-bond donors (Lipinski definition) is 3. The molecular formula is C24H27N5. The molecule has 3 atom stereocenters. The lowest BCUT2D eigenvalue weighted by atomic mass is 9.84. The third kappa shape index (κ3) is 2.31. The van der Waals surface area contributed by atoms with Gasteiger partial charge >= 0.3 is 0 Å². The van der Waals surface area contributed by atoms with Crippen LogP contribution < -0.4 is 10.6 Å². The van der Waals surface area contributed by atoms with E-state index in [-0.39, 0.29) is 0 Å². The number of benzene rings is 1. The summed E-state index contributed by atoms with van der Waals surface area (Å²) in [7, 11) is 0. The molecule has 5 heteroatoms. The van der Waals surface area contributed by atoms with Gasteiger partial charge in [0, 0.05) is 48.0 Å². The maximum atomic E-state index is 4.80. The fraction of sp³-hybridized carbons (Fsp3) is 0.458. The molecule has 3 fully saturated rings. The number of pyridine rings is 1. The Balaban J connectivity index is 1.30. The summed E-state index contributed by atoms with van der Waals surface area (Å²) in [5, 5.41) is 8.23. The smallest absolute Gasteiger partial charge is 0.126 e. The minimum atomic E-state index is 0.295. The highest BCUT2D eigenvalue weighted by Gasteiger charge is 2.66. The number of nitrogens with zero attached hydrogens (tertiary/aromatic N) is 2. The van der Waals surface area contributed by atoms with E-state index in [1.54, 1.807) is 0 Å². The lowest BCUT2D eigenvalue weighted by Gasteiger charge is -2.46. The third-order valence-corrected chi connectivity index (χ3v) is 7.97. The summed E-state index contributed by atoms with van der Waals surface area (Å²) in [6.45, 7) is 3.22. The second-order valence-corrected chi connectivity index (χ2v) is 9.43. The molecule has 3 aromatic rings. The van der Waals surface area contributed by atoms with Crippen molar-refractivity contribution in [2.45, 2.75) is 43.3 Å². The summed E-state index contributed by atoms with van der Waals surface area (Å²) in [6, 6.07) is 14.1. The molecule has 29 heavy (non-hydrogen) atoms. The zero-order valence-electron chi connectivity index (χ0n) is 16.6. The van der Waals surface area contributed by atoms with Crippen molar-refractivity contribution in [3.8, 4) is 0 Å². The van der Waals surface area contributed by atoms with Gasteiger partial charge in [0.2, 0.25) is 0 Å². The van der Waals surface area contributed by atoms with Gasteiger partial charge in [-0.15, -0.1) is 0 Å². The quantitative estimate of drug-likeness (QED) is 0.644. The van der Waals surface area contributed by atoms with Crippen LogP contribution in [0.15, 0.2) is 42.6 Å². The normalized spacial score (nSPS) is 30.9. The zero-order valence-corrected chi connectivity index (χ0v) is 16.6. The summed E-state index contributed by atoms with van der Waals surface area (Å²) in [5.41, 5.74) is 5.97. The summed E-state index contributed by atoms with van der Waals surface area (Å²) < 4.78 is 0. The van der Waals surface area contributed by atoms with E-state index in [4.69, 9.17) is 4.98 Å². The number of anilines is 1. The standard InChI is InChI=1S/C24H27N5/c1-2-4-20-18(3-1)19-8-10-29(24-9-7-16(24)11-24)23(22(19)28-20)15-5-6-21(26-12-15)27-17-13-25-14-17/h1-6,12,16-17,23,25,28H,7-11,13-14H2,(H,26,27). The second-order valence-electron chi connectivity index (χ2n) is 9.43. The van der Waals surface area contributed by atoms with Gasteiger partial charge in [0.15, 0.2) is 0 Å². The van der Waals surface area contributed by atoms with Crippen LogP contribution in [0.1, 0.15) is 42.1 Å². The van der Waals surface area contributed by atoms with Crippen molar-refractivity contribution in [3.05, 3.63) is 59.4 Å². The zero-order chi connectivity index (χ0) is 19.0. The molecule has 4 heterocycles. The fourth-order valence-electron chi connectivity index (χ4n) is 6.07. The van der Waals surface area contributed by atoms with Crippen LogP contribution in [0.5, 0.6) is 0 Å². The molecule has 2 aliphatic carbocycles. The Kier molecular flexibility index (Phi) is 3.30. The summed E-state index contributed by atoms with van der Waals surface area (Å²) in [5.74, 6) is 1.92. The van der Waals surface area contributed by atoms with Crippen LogP contribution in [0.3, 0.4) is 0 Å². The first kappa shape index (κ1) is 16.4. The van der Waals surface area contributed by atoms with Crippen molar-refractivity contribution in [1.29, 1.82) is 0 Å². The molecule has 5 nitrogen and oxygen atoms in total. The maximum Gasteiger partial charge on any atom is 0.126 e. The lowest BCUT2D eigenvalue weighted by Crippen LogP contribution is -2.51. The van der Waals surface area contributed by atoms with E-state index < -0.39 is 0 Å². The van der Waals surface area contributed by atoms with E-state index in [0.717, 1.165) is 37.8 Å². The van der Waals surface area contributed by atoms with Gasteiger partial charge in [-0.2, -0.15) is 0 Å². The molecule has 0 radical (unpaired) electrons. The molecule has 2 aliphatic heterocycles. The van der Waals surface area contributed by atoms with Crippen molar-refractivity contribution in [2.24, 2.45) is 5.92 Å². The number of aromatic amines is 1. The Morgan fingerprint density at radius 2 is 2.07 bits per heavy atom. The average molecular weight is 386 g/mol. The van der Waals surface area contributed by atoms with Gasteiger partial charge in [-0.25, -0.2) is 4.98 Å². The fourth-order valence-corrected chi connectivity index (χ4v) is 6.07. The van der Waals surface area contributed by atoms with Gasteiger partial charge in [-0.1, -0.05) is 24.3 Å². The van der Waals surface area contributed by atoms with Crippen LogP contribution in [0.2, 0.25) is 0 Å². The van der Waals surface area contributed by atoms with E-state index in [0.29, 0.717) is 17.6 Å². The van der Waals surface area contributed by atoms with Gasteiger partial charge in [0.25, 0.3) is 0 Å². The van der Waals surface area contributed by atoms with E-state index in [2.05, 4.69) is 63.1 Å². The Bertz CT molecular complexity index is 1080. The number of fused-ring (bicyclic) bond motifs is 4. The average Bonchev–Trinajstić information content (AvgIpc) is 3.07. The van der Waals surface area contributed by atoms with Crippen LogP contribution in [0, 0.1) is 5.92 Å². The first-order valence-corrected chi connectivity index (χ1v) is 11.1. The van der Waals surface area contributed by atoms with Crippen LogP contribution in [0.4, 0.5) is 5.82 Å². The van der Waals surface area contributed by atoms with Gasteiger partial charge in [0.1, 0.15) is 5.82 Å². The molecular weight excluding hydrogens is 358 g/mol. The molecule has 2 saturated carbocycles. The number of nitrogens with one attached hydrogen (secondary N) is 3. The summed E-state index contributed by atoms with van der Waals surface area (Å²) in [4.78, 5) is 11.4. The van der Waals surface area contributed by atoms with E-state index in [9.17, 15) is 0 Å². The van der Waals surface area contributed by atoms with Crippen molar-refractivity contribution >= 4 is 16.7 Å². The number of aromatic nitrogens is 2. The Morgan fingerprint density at radius 3 is 2.76 bits per heavy atom. The molecule has 2 aromatic heterocycles. The molecule has 4 aliphatic rings. The van der Waals surface area contributed by atoms with Crippen LogP contribution in [-0.4, -0.2) is 46.1 Å². The molecule has 1 saturated heterocycles. The van der Waals surface area contributed by atoms with E-state index >= 15 is 0 Å². The van der Waals surface area contributed by atoms with Crippen LogP contribution >= 0.6 is 0 Å². The Morgan fingerprint density at radius 1 is 1.14 bits per heavy atom. The molecule has 3 N–H and O–H groups in total. The SMILES string of the molecule is c1ccc2c3c([nH]c2c1)C(c1ccc(NC2CNC2)nc1)N(C12CCC1C2)CC3. The largest absolute Gasteiger partial charge is 0.365 e. The summed E-state index contributed by atoms with van der Waals surface area (Å²) >= 11 is 0. The minimum Gasteiger partial charge on any atom is -0.365 e.